The van der Waals surface area contributed by atoms with E-state index in [9.17, 15) is 13.2 Å². The van der Waals surface area contributed by atoms with Gasteiger partial charge in [-0.25, -0.2) is 8.42 Å². The van der Waals surface area contributed by atoms with Gasteiger partial charge in [-0.1, -0.05) is 18.9 Å². The van der Waals surface area contributed by atoms with Crippen LogP contribution in [-0.2, 0) is 10.0 Å². The van der Waals surface area contributed by atoms with Gasteiger partial charge in [-0.2, -0.15) is 4.31 Å². The molecule has 1 fully saturated rings. The van der Waals surface area contributed by atoms with Gasteiger partial charge in [0, 0.05) is 23.7 Å². The summed E-state index contributed by atoms with van der Waals surface area (Å²) in [7, 11) is -3.55. The van der Waals surface area contributed by atoms with E-state index in [0.29, 0.717) is 29.2 Å². The van der Waals surface area contributed by atoms with Crippen LogP contribution < -0.4 is 5.32 Å². The first kappa shape index (κ1) is 19.1. The van der Waals surface area contributed by atoms with Crippen LogP contribution in [0.2, 0.25) is 0 Å². The van der Waals surface area contributed by atoms with Crippen LogP contribution in [0.4, 0.5) is 5.69 Å². The molecule has 0 spiro atoms. The molecule has 1 aliphatic rings. The highest BCUT2D eigenvalue weighted by Crippen LogP contribution is 2.26. The molecule has 2 aromatic rings. The molecule has 0 unspecified atom stereocenters. The Bertz CT molecular complexity index is 895. The normalized spacial score (nSPS) is 16.2. The summed E-state index contributed by atoms with van der Waals surface area (Å²) in [6.45, 7) is 4.86. The van der Waals surface area contributed by atoms with Gasteiger partial charge in [0.2, 0.25) is 10.0 Å². The molecule has 1 aromatic carbocycles. The number of aryl methyl sites for hydroxylation is 2. The van der Waals surface area contributed by atoms with Crippen LogP contribution in [0.1, 0.15) is 45.8 Å². The van der Waals surface area contributed by atoms with Crippen LogP contribution in [0, 0.1) is 13.8 Å². The molecule has 2 heterocycles. The lowest BCUT2D eigenvalue weighted by molar-refractivity contribution is 0.103. The first-order valence-corrected chi connectivity index (χ1v) is 11.1. The van der Waals surface area contributed by atoms with E-state index in [1.165, 1.54) is 11.3 Å². The molecule has 26 heavy (non-hydrogen) atoms. The van der Waals surface area contributed by atoms with Crippen molar-refractivity contribution in [2.75, 3.05) is 18.4 Å². The molecular formula is C19H24N2O3S2. The molecule has 0 radical (unpaired) electrons. The number of benzene rings is 1. The van der Waals surface area contributed by atoms with Crippen LogP contribution in [0.5, 0.6) is 0 Å². The molecule has 1 amide bonds. The van der Waals surface area contributed by atoms with Crippen molar-refractivity contribution in [3.05, 3.63) is 45.6 Å². The maximum Gasteiger partial charge on any atom is 0.265 e. The number of sulfonamides is 1. The third kappa shape index (κ3) is 4.16. The van der Waals surface area contributed by atoms with E-state index in [0.717, 1.165) is 30.6 Å². The van der Waals surface area contributed by atoms with Crippen LogP contribution in [-0.4, -0.2) is 31.7 Å². The Morgan fingerprint density at radius 3 is 2.35 bits per heavy atom. The minimum atomic E-state index is -3.55. The molecule has 1 N–H and O–H groups in total. The van der Waals surface area contributed by atoms with Crippen molar-refractivity contribution in [1.82, 2.24) is 4.31 Å². The fourth-order valence-corrected chi connectivity index (χ4v) is 5.66. The summed E-state index contributed by atoms with van der Waals surface area (Å²) < 4.78 is 27.8. The highest BCUT2D eigenvalue weighted by atomic mass is 32.2. The molecule has 0 aliphatic carbocycles. The van der Waals surface area contributed by atoms with E-state index in [-0.39, 0.29) is 10.8 Å². The topological polar surface area (TPSA) is 66.5 Å². The standard InChI is InChI=1S/C19H24N2O3S2/c1-14-7-9-16(20-19(22)17-10-8-15(2)25-17)13-18(14)26(23,24)21-11-5-3-4-6-12-21/h7-10,13H,3-6,11-12H2,1-2H3,(H,20,22). The summed E-state index contributed by atoms with van der Waals surface area (Å²) in [5.41, 5.74) is 1.19. The fourth-order valence-electron chi connectivity index (χ4n) is 3.13. The number of anilines is 1. The SMILES string of the molecule is Cc1ccc(C(=O)Nc2ccc(C)c(S(=O)(=O)N3CCCCCC3)c2)s1. The largest absolute Gasteiger partial charge is 0.321 e. The number of hydrogen-bond donors (Lipinski definition) is 1. The summed E-state index contributed by atoms with van der Waals surface area (Å²) >= 11 is 1.41. The maximum absolute atomic E-state index is 13.1. The molecular weight excluding hydrogens is 368 g/mol. The van der Waals surface area contributed by atoms with Gasteiger partial charge in [-0.15, -0.1) is 11.3 Å². The van der Waals surface area contributed by atoms with Crippen LogP contribution in [0.3, 0.4) is 0 Å². The van der Waals surface area contributed by atoms with Crippen molar-refractivity contribution >= 4 is 33.0 Å². The predicted molar refractivity (Wildman–Crippen MR) is 105 cm³/mol. The zero-order valence-corrected chi connectivity index (χ0v) is 16.8. The Hall–Kier alpha value is -1.70. The van der Waals surface area contributed by atoms with Gasteiger partial charge in [0.25, 0.3) is 5.91 Å². The molecule has 0 atom stereocenters. The van der Waals surface area contributed by atoms with E-state index in [2.05, 4.69) is 5.32 Å². The smallest absolute Gasteiger partial charge is 0.265 e. The average molecular weight is 393 g/mol. The molecule has 5 nitrogen and oxygen atoms in total. The van der Waals surface area contributed by atoms with Crippen LogP contribution in [0.15, 0.2) is 35.2 Å². The summed E-state index contributed by atoms with van der Waals surface area (Å²) in [4.78, 5) is 14.3. The van der Waals surface area contributed by atoms with E-state index in [1.54, 1.807) is 35.5 Å². The van der Waals surface area contributed by atoms with Gasteiger partial charge in [-0.05, 0) is 56.5 Å². The quantitative estimate of drug-likeness (QED) is 0.849. The minimum absolute atomic E-state index is 0.218. The van der Waals surface area contributed by atoms with Crippen molar-refractivity contribution in [2.24, 2.45) is 0 Å². The lowest BCUT2D eigenvalue weighted by atomic mass is 10.2. The van der Waals surface area contributed by atoms with Crippen molar-refractivity contribution in [3.8, 4) is 0 Å². The highest BCUT2D eigenvalue weighted by molar-refractivity contribution is 7.89. The molecule has 140 valence electrons. The number of rotatable bonds is 4. The van der Waals surface area contributed by atoms with Crippen molar-refractivity contribution in [3.63, 3.8) is 0 Å². The second-order valence-electron chi connectivity index (χ2n) is 6.66. The van der Waals surface area contributed by atoms with E-state index in [4.69, 9.17) is 0 Å². The van der Waals surface area contributed by atoms with Gasteiger partial charge in [0.15, 0.2) is 0 Å². The Morgan fingerprint density at radius 1 is 1.04 bits per heavy atom. The number of hydrogen-bond acceptors (Lipinski definition) is 4. The summed E-state index contributed by atoms with van der Waals surface area (Å²) in [6.07, 6.45) is 3.93. The van der Waals surface area contributed by atoms with E-state index >= 15 is 0 Å². The molecule has 0 saturated carbocycles. The lowest BCUT2D eigenvalue weighted by Crippen LogP contribution is -2.32. The van der Waals surface area contributed by atoms with Gasteiger partial charge in [-0.3, -0.25) is 4.79 Å². The first-order chi connectivity index (χ1) is 12.4. The Kier molecular flexibility index (Phi) is 5.79. The van der Waals surface area contributed by atoms with Gasteiger partial charge in [0.1, 0.15) is 0 Å². The monoisotopic (exact) mass is 392 g/mol. The van der Waals surface area contributed by atoms with Gasteiger partial charge < -0.3 is 5.32 Å². The lowest BCUT2D eigenvalue weighted by Gasteiger charge is -2.21. The Labute approximate surface area is 159 Å². The maximum atomic E-state index is 13.1. The molecule has 3 rings (SSSR count). The van der Waals surface area contributed by atoms with Crippen molar-refractivity contribution in [2.45, 2.75) is 44.4 Å². The number of amides is 1. The minimum Gasteiger partial charge on any atom is -0.321 e. The number of thiophene rings is 1. The first-order valence-electron chi connectivity index (χ1n) is 8.86. The highest BCUT2D eigenvalue weighted by Gasteiger charge is 2.27. The second-order valence-corrected chi connectivity index (χ2v) is 9.86. The number of carbonyl (C=O) groups is 1. The summed E-state index contributed by atoms with van der Waals surface area (Å²) in [5.74, 6) is -0.218. The average Bonchev–Trinajstić information content (AvgIpc) is 2.86. The molecule has 1 aromatic heterocycles. The molecule has 1 aliphatic heterocycles. The summed E-state index contributed by atoms with van der Waals surface area (Å²) in [6, 6.07) is 8.74. The zero-order valence-electron chi connectivity index (χ0n) is 15.1. The molecule has 1 saturated heterocycles. The zero-order chi connectivity index (χ0) is 18.7. The van der Waals surface area contributed by atoms with Crippen LogP contribution in [0.25, 0.3) is 0 Å². The van der Waals surface area contributed by atoms with Crippen molar-refractivity contribution in [1.29, 1.82) is 0 Å². The predicted octanol–water partition coefficient (Wildman–Crippen LogP) is 4.18. The molecule has 0 bridgehead atoms. The van der Waals surface area contributed by atoms with Crippen LogP contribution >= 0.6 is 11.3 Å². The Morgan fingerprint density at radius 2 is 1.73 bits per heavy atom. The van der Waals surface area contributed by atoms with Gasteiger partial charge >= 0.3 is 0 Å². The van der Waals surface area contributed by atoms with Gasteiger partial charge in [0.05, 0.1) is 9.77 Å². The Balaban J connectivity index is 1.86. The second kappa shape index (κ2) is 7.90. The number of nitrogens with one attached hydrogen (secondary N) is 1. The summed E-state index contributed by atoms with van der Waals surface area (Å²) in [5, 5.41) is 2.82. The molecule has 7 heteroatoms. The fraction of sp³-hybridized carbons (Fsp3) is 0.421. The number of nitrogens with zero attached hydrogens (tertiary/aromatic N) is 1. The number of carbonyl (C=O) groups excluding carboxylic acids is 1. The third-order valence-corrected chi connectivity index (χ3v) is 7.63. The third-order valence-electron chi connectivity index (χ3n) is 4.59. The van der Waals surface area contributed by atoms with E-state index < -0.39 is 10.0 Å². The van der Waals surface area contributed by atoms with Crippen molar-refractivity contribution < 1.29 is 13.2 Å². The van der Waals surface area contributed by atoms with E-state index in [1.807, 2.05) is 13.0 Å².